The minimum absolute atomic E-state index is 0.0353. The summed E-state index contributed by atoms with van der Waals surface area (Å²) in [6, 6.07) is 9.67. The number of carbonyl (C=O) groups is 1. The van der Waals surface area contributed by atoms with Gasteiger partial charge in [0.25, 0.3) is 0 Å². The van der Waals surface area contributed by atoms with Crippen LogP contribution in [-0.2, 0) is 11.8 Å². The third-order valence-corrected chi connectivity index (χ3v) is 4.67. The van der Waals surface area contributed by atoms with Crippen molar-refractivity contribution in [3.63, 3.8) is 0 Å². The number of aromatic nitrogens is 4. The minimum Gasteiger partial charge on any atom is -0.326 e. The fourth-order valence-corrected chi connectivity index (χ4v) is 3.32. The van der Waals surface area contributed by atoms with E-state index in [9.17, 15) is 4.79 Å². The van der Waals surface area contributed by atoms with Crippen LogP contribution in [0.15, 0.2) is 48.9 Å². The Morgan fingerprint density at radius 1 is 1.24 bits per heavy atom. The Kier molecular flexibility index (Phi) is 4.07. The Morgan fingerprint density at radius 3 is 2.76 bits per heavy atom. The lowest BCUT2D eigenvalue weighted by molar-refractivity contribution is -0.119. The molecule has 1 fully saturated rings. The molecule has 0 spiro atoms. The number of rotatable bonds is 4. The molecule has 4 rings (SSSR count). The van der Waals surface area contributed by atoms with Gasteiger partial charge in [0.2, 0.25) is 5.91 Å². The van der Waals surface area contributed by atoms with Crippen molar-refractivity contribution in [2.24, 2.45) is 13.0 Å². The number of benzene rings is 1. The molecular weight excluding hydrogens is 316 g/mol. The van der Waals surface area contributed by atoms with Crippen molar-refractivity contribution < 1.29 is 4.79 Å². The molecule has 7 heteroatoms. The molecule has 0 bridgehead atoms. The summed E-state index contributed by atoms with van der Waals surface area (Å²) in [4.78, 5) is 12.7. The van der Waals surface area contributed by atoms with Crippen molar-refractivity contribution in [1.82, 2.24) is 25.3 Å². The van der Waals surface area contributed by atoms with Gasteiger partial charge in [0, 0.05) is 44.1 Å². The second kappa shape index (κ2) is 6.52. The third-order valence-electron chi connectivity index (χ3n) is 4.67. The number of H-pyrrole nitrogens is 1. The summed E-state index contributed by atoms with van der Waals surface area (Å²) in [5.74, 6) is 0.0857. The van der Waals surface area contributed by atoms with E-state index in [4.69, 9.17) is 0 Å². The lowest BCUT2D eigenvalue weighted by Crippen LogP contribution is -2.28. The first kappa shape index (κ1) is 15.6. The molecule has 3 heterocycles. The predicted molar refractivity (Wildman–Crippen MR) is 95.0 cm³/mol. The Bertz CT molecular complexity index is 852. The molecule has 0 radical (unpaired) electrons. The monoisotopic (exact) mass is 336 g/mol. The van der Waals surface area contributed by atoms with E-state index in [-0.39, 0.29) is 17.7 Å². The molecule has 0 unspecified atom stereocenters. The average molecular weight is 336 g/mol. The molecule has 1 aliphatic rings. The Morgan fingerprint density at radius 2 is 2.08 bits per heavy atom. The zero-order chi connectivity index (χ0) is 17.2. The molecular formula is C18H20N6O. The average Bonchev–Trinajstić information content (AvgIpc) is 3.36. The predicted octanol–water partition coefficient (Wildman–Crippen LogP) is 1.75. The molecule has 3 aromatic rings. The van der Waals surface area contributed by atoms with Gasteiger partial charge in [0.15, 0.2) is 0 Å². The highest BCUT2D eigenvalue weighted by Crippen LogP contribution is 2.29. The number of nitrogens with one attached hydrogen (secondary N) is 3. The normalized spacial score (nSPS) is 19.9. The zero-order valence-electron chi connectivity index (χ0n) is 13.9. The standard InChI is InChI=1S/C18H20N6O/c1-24-11-13(8-21-24)15-9-19-10-16(15)18(25)22-14-4-2-12(3-5-14)17-6-7-20-23-17/h2-8,11,15-16,19H,9-10H2,1H3,(H,20,23)(H,22,25)/t15-,16+/m1/s1. The lowest BCUT2D eigenvalue weighted by Gasteiger charge is -2.17. The van der Waals surface area contributed by atoms with Gasteiger partial charge in [-0.3, -0.25) is 14.6 Å². The smallest absolute Gasteiger partial charge is 0.229 e. The van der Waals surface area contributed by atoms with E-state index in [2.05, 4.69) is 25.9 Å². The van der Waals surface area contributed by atoms with Crippen LogP contribution in [0.4, 0.5) is 5.69 Å². The molecule has 128 valence electrons. The van der Waals surface area contributed by atoms with Crippen LogP contribution >= 0.6 is 0 Å². The molecule has 7 nitrogen and oxygen atoms in total. The largest absolute Gasteiger partial charge is 0.326 e. The van der Waals surface area contributed by atoms with Crippen LogP contribution in [-0.4, -0.2) is 39.0 Å². The highest BCUT2D eigenvalue weighted by molar-refractivity contribution is 5.93. The maximum absolute atomic E-state index is 12.7. The van der Waals surface area contributed by atoms with Crippen LogP contribution in [0.5, 0.6) is 0 Å². The zero-order valence-corrected chi connectivity index (χ0v) is 13.9. The highest BCUT2D eigenvalue weighted by Gasteiger charge is 2.34. The fourth-order valence-electron chi connectivity index (χ4n) is 3.32. The summed E-state index contributed by atoms with van der Waals surface area (Å²) in [6.07, 6.45) is 5.55. The van der Waals surface area contributed by atoms with E-state index in [0.29, 0.717) is 6.54 Å². The molecule has 1 saturated heterocycles. The minimum atomic E-state index is -0.100. The molecule has 3 N–H and O–H groups in total. The molecule has 1 aromatic carbocycles. The summed E-state index contributed by atoms with van der Waals surface area (Å²) < 4.78 is 1.77. The van der Waals surface area contributed by atoms with E-state index in [1.54, 1.807) is 10.9 Å². The van der Waals surface area contributed by atoms with Crippen LogP contribution in [0, 0.1) is 5.92 Å². The first-order valence-electron chi connectivity index (χ1n) is 8.30. The van der Waals surface area contributed by atoms with Crippen molar-refractivity contribution in [3.05, 3.63) is 54.5 Å². The number of amides is 1. The fraction of sp³-hybridized carbons (Fsp3) is 0.278. The van der Waals surface area contributed by atoms with E-state index < -0.39 is 0 Å². The van der Waals surface area contributed by atoms with Crippen molar-refractivity contribution in [3.8, 4) is 11.3 Å². The van der Waals surface area contributed by atoms with Gasteiger partial charge in [0.1, 0.15) is 0 Å². The molecule has 0 saturated carbocycles. The summed E-state index contributed by atoms with van der Waals surface area (Å²) in [5.41, 5.74) is 3.88. The molecule has 1 amide bonds. The Balaban J connectivity index is 1.46. The van der Waals surface area contributed by atoms with Crippen LogP contribution in [0.25, 0.3) is 11.3 Å². The maximum atomic E-state index is 12.7. The van der Waals surface area contributed by atoms with Crippen molar-refractivity contribution in [1.29, 1.82) is 0 Å². The number of hydrogen-bond donors (Lipinski definition) is 3. The molecule has 2 aromatic heterocycles. The second-order valence-electron chi connectivity index (χ2n) is 6.36. The van der Waals surface area contributed by atoms with Crippen LogP contribution in [0.2, 0.25) is 0 Å². The molecule has 25 heavy (non-hydrogen) atoms. The van der Waals surface area contributed by atoms with Crippen molar-refractivity contribution >= 4 is 11.6 Å². The first-order valence-corrected chi connectivity index (χ1v) is 8.30. The van der Waals surface area contributed by atoms with E-state index >= 15 is 0 Å². The van der Waals surface area contributed by atoms with Crippen LogP contribution in [0.3, 0.4) is 0 Å². The van der Waals surface area contributed by atoms with Crippen molar-refractivity contribution in [2.75, 3.05) is 18.4 Å². The van der Waals surface area contributed by atoms with Gasteiger partial charge in [-0.15, -0.1) is 0 Å². The van der Waals surface area contributed by atoms with Gasteiger partial charge in [-0.25, -0.2) is 0 Å². The molecule has 0 aliphatic carbocycles. The van der Waals surface area contributed by atoms with Crippen LogP contribution < -0.4 is 10.6 Å². The quantitative estimate of drug-likeness (QED) is 0.677. The summed E-state index contributed by atoms with van der Waals surface area (Å²) >= 11 is 0. The van der Waals surface area contributed by atoms with Crippen molar-refractivity contribution in [2.45, 2.75) is 5.92 Å². The topological polar surface area (TPSA) is 87.6 Å². The summed E-state index contributed by atoms with van der Waals surface area (Å²) in [5, 5.41) is 17.5. The SMILES string of the molecule is Cn1cc([C@H]2CNC[C@@H]2C(=O)Nc2ccc(-c3ccn[nH]3)cc2)cn1. The first-order chi connectivity index (χ1) is 12.2. The van der Waals surface area contributed by atoms with Gasteiger partial charge in [-0.05, 0) is 29.3 Å². The maximum Gasteiger partial charge on any atom is 0.229 e. The summed E-state index contributed by atoms with van der Waals surface area (Å²) in [7, 11) is 1.89. The van der Waals surface area contributed by atoms with Gasteiger partial charge in [-0.1, -0.05) is 12.1 Å². The number of aromatic amines is 1. The van der Waals surface area contributed by atoms with E-state index in [1.807, 2.05) is 49.8 Å². The number of nitrogens with zero attached hydrogens (tertiary/aromatic N) is 3. The van der Waals surface area contributed by atoms with Gasteiger partial charge >= 0.3 is 0 Å². The molecule has 1 aliphatic heterocycles. The van der Waals surface area contributed by atoms with Gasteiger partial charge in [-0.2, -0.15) is 10.2 Å². The second-order valence-corrected chi connectivity index (χ2v) is 6.36. The van der Waals surface area contributed by atoms with Crippen LogP contribution in [0.1, 0.15) is 11.5 Å². The number of carbonyl (C=O) groups excluding carboxylic acids is 1. The summed E-state index contributed by atoms with van der Waals surface area (Å²) in [6.45, 7) is 1.47. The Labute approximate surface area is 145 Å². The van der Waals surface area contributed by atoms with E-state index in [1.165, 1.54) is 0 Å². The van der Waals surface area contributed by atoms with E-state index in [0.717, 1.165) is 29.1 Å². The number of aryl methyl sites for hydroxylation is 1. The Hall–Kier alpha value is -2.93. The highest BCUT2D eigenvalue weighted by atomic mass is 16.1. The number of hydrogen-bond acceptors (Lipinski definition) is 4. The lowest BCUT2D eigenvalue weighted by atomic mass is 9.90. The van der Waals surface area contributed by atoms with Gasteiger partial charge in [0.05, 0.1) is 17.8 Å². The third kappa shape index (κ3) is 3.18. The molecule has 2 atom stereocenters. The van der Waals surface area contributed by atoms with Gasteiger partial charge < -0.3 is 10.6 Å². The number of anilines is 1.